The third-order valence-electron chi connectivity index (χ3n) is 12.7. The molecule has 0 radical (unpaired) electrons. The van der Waals surface area contributed by atoms with Crippen molar-refractivity contribution in [3.05, 3.63) is 23.3 Å². The van der Waals surface area contributed by atoms with E-state index in [0.29, 0.717) is 24.8 Å². The van der Waals surface area contributed by atoms with Crippen LogP contribution < -0.4 is 21.3 Å². The van der Waals surface area contributed by atoms with E-state index in [4.69, 9.17) is 33.2 Å². The Balaban J connectivity index is 0.836. The van der Waals surface area contributed by atoms with Gasteiger partial charge in [-0.3, -0.25) is 14.2 Å². The van der Waals surface area contributed by atoms with E-state index in [2.05, 4.69) is 21.3 Å². The van der Waals surface area contributed by atoms with Crippen LogP contribution in [0.1, 0.15) is 57.1 Å². The fourth-order valence-corrected chi connectivity index (χ4v) is 10.6. The number of hydrogen-bond donors (Lipinski definition) is 12. The Morgan fingerprint density at radius 3 is 1.82 bits per heavy atom. The first kappa shape index (κ1) is 49.6. The van der Waals surface area contributed by atoms with E-state index in [9.17, 15) is 55.2 Å². The number of aromatic nitrogens is 1. The third-order valence-corrected chi connectivity index (χ3v) is 14.2. The molecule has 4 saturated heterocycles. The van der Waals surface area contributed by atoms with Crippen LogP contribution in [-0.4, -0.2) is 200 Å². The van der Waals surface area contributed by atoms with Crippen molar-refractivity contribution in [3.63, 3.8) is 0 Å². The minimum atomic E-state index is -1.65. The van der Waals surface area contributed by atoms with E-state index in [0.717, 1.165) is 29.6 Å². The summed E-state index contributed by atoms with van der Waals surface area (Å²) in [6.07, 6.45) is -8.00. The Morgan fingerprint density at radius 1 is 0.754 bits per heavy atom. The summed E-state index contributed by atoms with van der Waals surface area (Å²) in [5, 5.41) is 97.2. The number of aromatic hydroxyl groups is 2. The molecule has 0 spiro atoms. The molecule has 366 valence electrons. The average Bonchev–Trinajstić information content (AvgIpc) is 4.08. The Morgan fingerprint density at radius 2 is 1.28 bits per heavy atom. The molecule has 0 aliphatic carbocycles. The molecule has 65 heavy (non-hydrogen) atoms. The first-order valence-electron chi connectivity index (χ1n) is 22.1. The molecule has 4 amide bonds. The molecular weight excluding hydrogens is 883 g/mol. The van der Waals surface area contributed by atoms with Crippen molar-refractivity contribution in [1.82, 2.24) is 25.8 Å². The lowest BCUT2D eigenvalue weighted by Gasteiger charge is -2.40. The van der Waals surface area contributed by atoms with Crippen molar-refractivity contribution in [2.75, 3.05) is 58.5 Å². The standard InChI is InChI=1S/C41H63N5O18S/c1-20-29(49)31(51)33(53)37(62-20)60-18-40-8-9-41(64-40,19-61-38-34(54)32(52)30(50)21(2)63-38)27-26(40)35(55)46(36(27)56)12-7-25(48)43-11-14-59-16-15-58-13-10-42-24(47)6-4-3-5-23-28-22(17-65-23)44-39(57)45-28/h8-9,20-23,28-34,37-38,49-56H,3-7,10-19H2,1-2H3,(H,42,47)(H,43,48)(H2,44,45,57)/t20-,21-,22?,23?,28?,29+,30+,31?,32?,33?,34?,37-,38-,40?,41?/m0/s1. The normalized spacial score (nSPS) is 36.9. The number of carbonyl (C=O) groups is 3. The number of thioether (sulfide) groups is 1. The largest absolute Gasteiger partial charge is 0.494 e. The number of nitrogens with one attached hydrogen (secondary N) is 4. The van der Waals surface area contributed by atoms with Crippen molar-refractivity contribution in [3.8, 4) is 11.8 Å². The highest BCUT2D eigenvalue weighted by atomic mass is 32.2. The highest BCUT2D eigenvalue weighted by Crippen LogP contribution is 2.61. The fraction of sp³-hybridized carbons (Fsp3) is 0.780. The SMILES string of the molecule is C[C@@H]1O[C@H](OCC23C=CC(CO[C@H]4O[C@@H](C)[C@@H](O)C(O)C4O)(O2)c2c3c(O)n(CCC(=O)NCCOCCOCCNC(=O)CCCCC3SCC4NC(=O)NC43)c2O)C(O)C(O)[C@@H]1O. The summed E-state index contributed by atoms with van der Waals surface area (Å²) < 4.78 is 41.6. The van der Waals surface area contributed by atoms with Gasteiger partial charge in [0.2, 0.25) is 23.6 Å². The Bertz CT molecular complexity index is 1780. The second-order valence-electron chi connectivity index (χ2n) is 17.3. The van der Waals surface area contributed by atoms with Gasteiger partial charge in [0.1, 0.15) is 47.8 Å². The van der Waals surface area contributed by atoms with Gasteiger partial charge in [-0.1, -0.05) is 6.42 Å². The maximum absolute atomic E-state index is 12.9. The molecular formula is C41H63N5O18S. The molecule has 7 heterocycles. The highest BCUT2D eigenvalue weighted by molar-refractivity contribution is 8.00. The summed E-state index contributed by atoms with van der Waals surface area (Å²) in [5.41, 5.74) is -3.17. The number of amides is 4. The molecule has 23 nitrogen and oxygen atoms in total. The lowest BCUT2D eigenvalue weighted by Crippen LogP contribution is -2.58. The van der Waals surface area contributed by atoms with Crippen LogP contribution in [0.25, 0.3) is 0 Å². The average molecular weight is 946 g/mol. The molecule has 24 heteroatoms. The van der Waals surface area contributed by atoms with Gasteiger partial charge in [-0.15, -0.1) is 0 Å². The molecule has 6 aliphatic heterocycles. The maximum atomic E-state index is 12.9. The zero-order chi connectivity index (χ0) is 46.6. The number of hydrogen-bond acceptors (Lipinski definition) is 19. The van der Waals surface area contributed by atoms with Gasteiger partial charge in [0.15, 0.2) is 12.6 Å². The van der Waals surface area contributed by atoms with Crippen LogP contribution in [0.4, 0.5) is 4.79 Å². The fourth-order valence-electron chi connectivity index (χ4n) is 9.06. The van der Waals surface area contributed by atoms with E-state index in [1.165, 1.54) is 26.0 Å². The molecule has 2 bridgehead atoms. The monoisotopic (exact) mass is 945 g/mol. The highest BCUT2D eigenvalue weighted by Gasteiger charge is 2.62. The van der Waals surface area contributed by atoms with Crippen LogP contribution in [0.15, 0.2) is 12.2 Å². The number of carbonyl (C=O) groups excluding carboxylic acids is 3. The molecule has 9 unspecified atom stereocenters. The van der Waals surface area contributed by atoms with E-state index < -0.39 is 103 Å². The molecule has 12 N–H and O–H groups in total. The van der Waals surface area contributed by atoms with Crippen molar-refractivity contribution < 1.29 is 88.4 Å². The number of ether oxygens (including phenoxy) is 7. The van der Waals surface area contributed by atoms with Gasteiger partial charge >= 0.3 is 6.03 Å². The summed E-state index contributed by atoms with van der Waals surface area (Å²) in [6.45, 7) is 3.45. The molecule has 0 saturated carbocycles. The van der Waals surface area contributed by atoms with E-state index in [1.54, 1.807) is 0 Å². The van der Waals surface area contributed by atoms with E-state index in [1.807, 2.05) is 11.8 Å². The van der Waals surface area contributed by atoms with Crippen LogP contribution >= 0.6 is 11.8 Å². The summed E-state index contributed by atoms with van der Waals surface area (Å²) >= 11 is 1.86. The van der Waals surface area contributed by atoms with Crippen LogP contribution in [-0.2, 0) is 60.5 Å². The van der Waals surface area contributed by atoms with E-state index >= 15 is 0 Å². The molecule has 7 rings (SSSR count). The zero-order valence-corrected chi connectivity index (χ0v) is 37.1. The Kier molecular flexibility index (Phi) is 16.2. The summed E-state index contributed by atoms with van der Waals surface area (Å²) in [5.74, 6) is -0.482. The molecule has 1 aromatic rings. The number of aliphatic hydroxyl groups excluding tert-OH is 6. The van der Waals surface area contributed by atoms with Gasteiger partial charge in [-0.25, -0.2) is 4.79 Å². The zero-order valence-electron chi connectivity index (χ0n) is 36.3. The molecule has 6 aliphatic rings. The molecule has 1 aromatic heterocycles. The maximum Gasteiger partial charge on any atom is 0.315 e. The van der Waals surface area contributed by atoms with E-state index in [-0.39, 0.29) is 74.5 Å². The van der Waals surface area contributed by atoms with Gasteiger partial charge in [-0.05, 0) is 38.8 Å². The van der Waals surface area contributed by atoms with Crippen LogP contribution in [0.3, 0.4) is 0 Å². The molecule has 15 atom stereocenters. The smallest absolute Gasteiger partial charge is 0.315 e. The van der Waals surface area contributed by atoms with Gasteiger partial charge in [0.05, 0.1) is 75.1 Å². The number of unbranched alkanes of at least 4 members (excludes halogenated alkanes) is 1. The third kappa shape index (κ3) is 10.7. The van der Waals surface area contributed by atoms with Gasteiger partial charge in [0.25, 0.3) is 0 Å². The molecule has 0 aromatic carbocycles. The van der Waals surface area contributed by atoms with Crippen molar-refractivity contribution in [1.29, 1.82) is 0 Å². The number of nitrogens with zero attached hydrogens (tertiary/aromatic N) is 1. The minimum Gasteiger partial charge on any atom is -0.494 e. The first-order chi connectivity index (χ1) is 31.1. The Labute approximate surface area is 379 Å². The van der Waals surface area contributed by atoms with Crippen molar-refractivity contribution >= 4 is 29.6 Å². The number of rotatable bonds is 23. The Hall–Kier alpha value is -3.34. The van der Waals surface area contributed by atoms with Crippen molar-refractivity contribution in [2.45, 2.75) is 142 Å². The minimum absolute atomic E-state index is 0.0433. The van der Waals surface area contributed by atoms with Gasteiger partial charge < -0.3 is 95.3 Å². The predicted octanol–water partition coefficient (Wildman–Crippen LogP) is -3.04. The van der Waals surface area contributed by atoms with Gasteiger partial charge in [-0.2, -0.15) is 11.8 Å². The summed E-state index contributed by atoms with van der Waals surface area (Å²) in [6, 6.07) is 0.251. The predicted molar refractivity (Wildman–Crippen MR) is 224 cm³/mol. The summed E-state index contributed by atoms with van der Waals surface area (Å²) in [4.78, 5) is 36.6. The number of fused-ring (bicyclic) bond motifs is 6. The van der Waals surface area contributed by atoms with Crippen LogP contribution in [0.2, 0.25) is 0 Å². The summed E-state index contributed by atoms with van der Waals surface area (Å²) in [7, 11) is 0. The quantitative estimate of drug-likeness (QED) is 0.0295. The lowest BCUT2D eigenvalue weighted by atomic mass is 9.84. The number of urea groups is 1. The number of aliphatic hydroxyl groups is 6. The van der Waals surface area contributed by atoms with Gasteiger partial charge in [0, 0.05) is 43.5 Å². The topological polar surface area (TPSA) is 331 Å². The second-order valence-corrected chi connectivity index (χ2v) is 18.6. The second kappa shape index (κ2) is 21.3. The lowest BCUT2D eigenvalue weighted by molar-refractivity contribution is -0.310. The van der Waals surface area contributed by atoms with Crippen LogP contribution in [0.5, 0.6) is 11.8 Å². The van der Waals surface area contributed by atoms with Crippen molar-refractivity contribution in [2.24, 2.45) is 0 Å². The first-order valence-corrected chi connectivity index (χ1v) is 23.2. The molecule has 4 fully saturated rings. The van der Waals surface area contributed by atoms with Crippen LogP contribution in [0, 0.1) is 0 Å².